The first-order chi connectivity index (χ1) is 8.88. The highest BCUT2D eigenvalue weighted by atomic mass is 16.6. The van der Waals surface area contributed by atoms with Crippen LogP contribution in [0.2, 0.25) is 0 Å². The van der Waals surface area contributed by atoms with Crippen LogP contribution in [0.1, 0.15) is 33.6 Å². The number of carbonyl (C=O) groups excluding carboxylic acids is 2. The first-order valence-electron chi connectivity index (χ1n) is 6.82. The summed E-state index contributed by atoms with van der Waals surface area (Å²) < 4.78 is 5.37. The third kappa shape index (κ3) is 3.28. The smallest absolute Gasteiger partial charge is 0.410 e. The van der Waals surface area contributed by atoms with Gasteiger partial charge in [-0.1, -0.05) is 12.2 Å². The van der Waals surface area contributed by atoms with Crippen LogP contribution in [0.25, 0.3) is 0 Å². The van der Waals surface area contributed by atoms with Gasteiger partial charge >= 0.3 is 6.09 Å². The molecule has 0 unspecified atom stereocenters. The Morgan fingerprint density at radius 2 is 1.84 bits per heavy atom. The molecule has 0 saturated carbocycles. The zero-order chi connectivity index (χ0) is 14.0. The van der Waals surface area contributed by atoms with Gasteiger partial charge in [0.05, 0.1) is 0 Å². The van der Waals surface area contributed by atoms with E-state index in [9.17, 15) is 9.59 Å². The molecular weight excluding hydrogens is 244 g/mol. The molecule has 19 heavy (non-hydrogen) atoms. The van der Waals surface area contributed by atoms with Crippen molar-refractivity contribution < 1.29 is 14.3 Å². The molecular formula is C14H22N2O3. The lowest BCUT2D eigenvalue weighted by atomic mass is 10.2. The number of likely N-dealkylation sites (tertiary alicyclic amines) is 1. The van der Waals surface area contributed by atoms with Crippen LogP contribution in [0.3, 0.4) is 0 Å². The van der Waals surface area contributed by atoms with E-state index in [0.717, 1.165) is 12.8 Å². The Morgan fingerprint density at radius 1 is 1.21 bits per heavy atom. The maximum absolute atomic E-state index is 12.4. The summed E-state index contributed by atoms with van der Waals surface area (Å²) in [4.78, 5) is 27.8. The molecule has 0 radical (unpaired) electrons. The highest BCUT2D eigenvalue weighted by molar-refractivity contribution is 5.86. The van der Waals surface area contributed by atoms with Crippen molar-refractivity contribution in [3.8, 4) is 0 Å². The van der Waals surface area contributed by atoms with Crippen LogP contribution >= 0.6 is 0 Å². The van der Waals surface area contributed by atoms with Crippen LogP contribution in [-0.2, 0) is 9.53 Å². The molecule has 1 atom stereocenters. The first kappa shape index (κ1) is 13.9. The van der Waals surface area contributed by atoms with Crippen molar-refractivity contribution in [2.24, 2.45) is 0 Å². The van der Waals surface area contributed by atoms with Crippen molar-refractivity contribution in [3.05, 3.63) is 12.2 Å². The fourth-order valence-corrected chi connectivity index (χ4v) is 2.43. The van der Waals surface area contributed by atoms with Crippen LogP contribution < -0.4 is 0 Å². The molecule has 1 fully saturated rings. The summed E-state index contributed by atoms with van der Waals surface area (Å²) >= 11 is 0. The van der Waals surface area contributed by atoms with E-state index in [1.807, 2.05) is 32.9 Å². The molecule has 0 aromatic carbocycles. The minimum absolute atomic E-state index is 0.0355. The van der Waals surface area contributed by atoms with Gasteiger partial charge in [-0.25, -0.2) is 4.79 Å². The first-order valence-corrected chi connectivity index (χ1v) is 6.82. The molecule has 1 saturated heterocycles. The number of hydrogen-bond donors (Lipinski definition) is 0. The van der Waals surface area contributed by atoms with Crippen LogP contribution in [0.5, 0.6) is 0 Å². The van der Waals surface area contributed by atoms with Crippen molar-refractivity contribution in [2.45, 2.75) is 45.3 Å². The number of nitrogens with zero attached hydrogens (tertiary/aromatic N) is 2. The molecule has 0 aliphatic carbocycles. The van der Waals surface area contributed by atoms with E-state index in [1.165, 1.54) is 0 Å². The molecule has 0 aromatic rings. The van der Waals surface area contributed by atoms with E-state index in [2.05, 4.69) is 0 Å². The highest BCUT2D eigenvalue weighted by Gasteiger charge is 2.38. The van der Waals surface area contributed by atoms with Crippen molar-refractivity contribution in [1.82, 2.24) is 9.80 Å². The van der Waals surface area contributed by atoms with E-state index >= 15 is 0 Å². The Hall–Kier alpha value is -1.52. The van der Waals surface area contributed by atoms with E-state index in [-0.39, 0.29) is 18.0 Å². The molecule has 0 spiro atoms. The quantitative estimate of drug-likeness (QED) is 0.680. The number of rotatable bonds is 1. The molecule has 5 heteroatoms. The van der Waals surface area contributed by atoms with Crippen LogP contribution in [0.15, 0.2) is 12.2 Å². The minimum Gasteiger partial charge on any atom is -0.444 e. The normalized spacial score (nSPS) is 23.0. The predicted molar refractivity (Wildman–Crippen MR) is 71.7 cm³/mol. The molecule has 0 aromatic heterocycles. The SMILES string of the molecule is CC(C)(C)OC(=O)N1CCC[C@H]1C(=O)N1CC=CC1. The van der Waals surface area contributed by atoms with Gasteiger partial charge in [-0.3, -0.25) is 9.69 Å². The standard InChI is InChI=1S/C14H22N2O3/c1-14(2,3)19-13(18)16-10-6-7-11(16)12(17)15-8-4-5-9-15/h4-5,11H,6-10H2,1-3H3/t11-/m0/s1. The molecule has 5 nitrogen and oxygen atoms in total. The summed E-state index contributed by atoms with van der Waals surface area (Å²) in [6.07, 6.45) is 5.16. The topological polar surface area (TPSA) is 49.9 Å². The monoisotopic (exact) mass is 266 g/mol. The van der Waals surface area contributed by atoms with Crippen molar-refractivity contribution in [1.29, 1.82) is 0 Å². The summed E-state index contributed by atoms with van der Waals surface area (Å²) in [6, 6.07) is -0.352. The molecule has 2 heterocycles. The Morgan fingerprint density at radius 3 is 2.42 bits per heavy atom. The summed E-state index contributed by atoms with van der Waals surface area (Å²) in [5, 5.41) is 0. The third-order valence-electron chi connectivity index (χ3n) is 3.30. The fourth-order valence-electron chi connectivity index (χ4n) is 2.43. The summed E-state index contributed by atoms with van der Waals surface area (Å²) in [6.45, 7) is 7.41. The number of ether oxygens (including phenoxy) is 1. The third-order valence-corrected chi connectivity index (χ3v) is 3.30. The molecule has 2 aliphatic heterocycles. The number of hydrogen-bond acceptors (Lipinski definition) is 3. The lowest BCUT2D eigenvalue weighted by Gasteiger charge is -2.30. The summed E-state index contributed by atoms with van der Waals surface area (Å²) in [7, 11) is 0. The van der Waals surface area contributed by atoms with Crippen LogP contribution in [0.4, 0.5) is 4.79 Å². The van der Waals surface area contributed by atoms with Gasteiger partial charge < -0.3 is 9.64 Å². The van der Waals surface area contributed by atoms with Gasteiger partial charge in [-0.2, -0.15) is 0 Å². The highest BCUT2D eigenvalue weighted by Crippen LogP contribution is 2.23. The lowest BCUT2D eigenvalue weighted by molar-refractivity contribution is -0.134. The molecule has 0 N–H and O–H groups in total. The second-order valence-corrected chi connectivity index (χ2v) is 6.05. The molecule has 0 bridgehead atoms. The Bertz CT molecular complexity index is 390. The second-order valence-electron chi connectivity index (χ2n) is 6.05. The van der Waals surface area contributed by atoms with E-state index in [0.29, 0.717) is 19.6 Å². The minimum atomic E-state index is -0.525. The van der Waals surface area contributed by atoms with Gasteiger partial charge in [0.25, 0.3) is 0 Å². The average molecular weight is 266 g/mol. The Labute approximate surface area is 114 Å². The van der Waals surface area contributed by atoms with Crippen LogP contribution in [0, 0.1) is 0 Å². The molecule has 106 valence electrons. The summed E-state index contributed by atoms with van der Waals surface area (Å²) in [5.41, 5.74) is -0.525. The Balaban J connectivity index is 2.00. The summed E-state index contributed by atoms with van der Waals surface area (Å²) in [5.74, 6) is 0.0355. The van der Waals surface area contributed by atoms with Gasteiger partial charge in [0.2, 0.25) is 5.91 Å². The maximum atomic E-state index is 12.4. The zero-order valence-corrected chi connectivity index (χ0v) is 11.9. The van der Waals surface area contributed by atoms with Gasteiger partial charge in [-0.15, -0.1) is 0 Å². The number of carbonyl (C=O) groups is 2. The van der Waals surface area contributed by atoms with Gasteiger partial charge in [0.1, 0.15) is 11.6 Å². The predicted octanol–water partition coefficient (Wildman–Crippen LogP) is 1.78. The van der Waals surface area contributed by atoms with Gasteiger partial charge in [-0.05, 0) is 33.6 Å². The maximum Gasteiger partial charge on any atom is 0.410 e. The van der Waals surface area contributed by atoms with E-state index < -0.39 is 5.60 Å². The van der Waals surface area contributed by atoms with E-state index in [1.54, 1.807) is 9.80 Å². The van der Waals surface area contributed by atoms with Crippen molar-refractivity contribution in [2.75, 3.05) is 19.6 Å². The lowest BCUT2D eigenvalue weighted by Crippen LogP contribution is -2.48. The number of amides is 2. The molecule has 2 rings (SSSR count). The van der Waals surface area contributed by atoms with E-state index in [4.69, 9.17) is 4.74 Å². The molecule has 2 amide bonds. The average Bonchev–Trinajstić information content (AvgIpc) is 2.97. The van der Waals surface area contributed by atoms with Crippen LogP contribution in [-0.4, -0.2) is 53.1 Å². The van der Waals surface area contributed by atoms with Crippen molar-refractivity contribution >= 4 is 12.0 Å². The zero-order valence-electron chi connectivity index (χ0n) is 11.9. The molecule has 2 aliphatic rings. The largest absolute Gasteiger partial charge is 0.444 e. The van der Waals surface area contributed by atoms with Crippen molar-refractivity contribution in [3.63, 3.8) is 0 Å². The fraction of sp³-hybridized carbons (Fsp3) is 0.714. The Kier molecular flexibility index (Phi) is 3.83. The second kappa shape index (κ2) is 5.23. The van der Waals surface area contributed by atoms with Gasteiger partial charge in [0.15, 0.2) is 0 Å². The van der Waals surface area contributed by atoms with Gasteiger partial charge in [0, 0.05) is 19.6 Å².